The fourth-order valence-corrected chi connectivity index (χ4v) is 5.13. The van der Waals surface area contributed by atoms with Crippen molar-refractivity contribution < 1.29 is 24.1 Å². The van der Waals surface area contributed by atoms with E-state index >= 15 is 0 Å². The van der Waals surface area contributed by atoms with Crippen LogP contribution in [0.4, 0.5) is 4.39 Å². The molecule has 2 heterocycles. The monoisotopic (exact) mass is 521 g/mol. The average Bonchev–Trinajstić information content (AvgIpc) is 3.38. The molecule has 3 aromatic carbocycles. The molecule has 9 heteroatoms. The lowest BCUT2D eigenvalue weighted by atomic mass is 9.98. The second kappa shape index (κ2) is 9.88. The van der Waals surface area contributed by atoms with Gasteiger partial charge >= 0.3 is 5.97 Å². The first kappa shape index (κ1) is 24.8. The molecule has 0 aliphatic heterocycles. The number of hydrogen-bond acceptors (Lipinski definition) is 4. The van der Waals surface area contributed by atoms with E-state index in [2.05, 4.69) is 10.1 Å². The SMILES string of the molecule is Cc1c(-c2c(Cl)ccc3c(CCCOc4cccc5cc(F)ccc45)c(C(=O)O)[nH]c23)c(CO)nn1C. The smallest absolute Gasteiger partial charge is 0.352 e. The Hall–Kier alpha value is -3.88. The minimum atomic E-state index is -1.07. The summed E-state index contributed by atoms with van der Waals surface area (Å²) in [5, 5.41) is 26.9. The van der Waals surface area contributed by atoms with Crippen LogP contribution in [0.15, 0.2) is 48.5 Å². The number of rotatable bonds is 8. The quantitative estimate of drug-likeness (QED) is 0.217. The molecule has 2 aromatic heterocycles. The molecule has 0 saturated carbocycles. The number of aliphatic hydroxyl groups excluding tert-OH is 1. The van der Waals surface area contributed by atoms with Crippen molar-refractivity contribution in [2.75, 3.05) is 6.61 Å². The summed E-state index contributed by atoms with van der Waals surface area (Å²) < 4.78 is 21.2. The van der Waals surface area contributed by atoms with Crippen molar-refractivity contribution in [2.45, 2.75) is 26.4 Å². The van der Waals surface area contributed by atoms with Crippen LogP contribution >= 0.6 is 11.6 Å². The van der Waals surface area contributed by atoms with Crippen LogP contribution in [0.1, 0.15) is 33.9 Å². The molecule has 0 aliphatic rings. The number of fused-ring (bicyclic) bond motifs is 2. The van der Waals surface area contributed by atoms with Gasteiger partial charge in [0.15, 0.2) is 0 Å². The summed E-state index contributed by atoms with van der Waals surface area (Å²) in [6, 6.07) is 13.6. The zero-order valence-corrected chi connectivity index (χ0v) is 21.1. The standard InChI is InChI=1S/C28H25ClFN3O4/c1-15-24(22(14-34)32-33(15)2)25-21(29)11-10-20-19(27(28(35)36)31-26(20)25)6-4-12-37-23-7-3-5-16-13-17(30)8-9-18(16)23/h3,5,7-11,13,31,34H,4,6,12,14H2,1-2H3,(H,35,36). The number of carboxylic acids is 1. The van der Waals surface area contributed by atoms with Crippen molar-refractivity contribution in [2.24, 2.45) is 7.05 Å². The predicted octanol–water partition coefficient (Wildman–Crippen LogP) is 6.02. The zero-order valence-electron chi connectivity index (χ0n) is 20.3. The first-order valence-electron chi connectivity index (χ1n) is 11.8. The van der Waals surface area contributed by atoms with Crippen molar-refractivity contribution in [1.29, 1.82) is 0 Å². The van der Waals surface area contributed by atoms with Gasteiger partial charge in [-0.2, -0.15) is 5.10 Å². The van der Waals surface area contributed by atoms with E-state index in [0.717, 1.165) is 21.9 Å². The maximum absolute atomic E-state index is 13.6. The van der Waals surface area contributed by atoms with Crippen molar-refractivity contribution in [3.63, 3.8) is 0 Å². The summed E-state index contributed by atoms with van der Waals surface area (Å²) in [4.78, 5) is 15.2. The van der Waals surface area contributed by atoms with Crippen LogP contribution in [0.2, 0.25) is 5.02 Å². The molecule has 0 fully saturated rings. The van der Waals surface area contributed by atoms with Gasteiger partial charge in [0.25, 0.3) is 0 Å². The maximum atomic E-state index is 13.6. The Morgan fingerprint density at radius 3 is 2.70 bits per heavy atom. The van der Waals surface area contributed by atoms with Gasteiger partial charge in [-0.3, -0.25) is 4.68 Å². The lowest BCUT2D eigenvalue weighted by Crippen LogP contribution is -2.04. The van der Waals surface area contributed by atoms with Crippen LogP contribution in [0, 0.1) is 12.7 Å². The van der Waals surface area contributed by atoms with E-state index in [1.54, 1.807) is 23.9 Å². The molecule has 0 saturated heterocycles. The second-order valence-electron chi connectivity index (χ2n) is 8.89. The predicted molar refractivity (Wildman–Crippen MR) is 141 cm³/mol. The minimum Gasteiger partial charge on any atom is -0.493 e. The third kappa shape index (κ3) is 4.43. The molecule has 37 heavy (non-hydrogen) atoms. The van der Waals surface area contributed by atoms with Gasteiger partial charge in [0.1, 0.15) is 17.3 Å². The number of aryl methyl sites for hydroxylation is 2. The Labute approximate surface area is 217 Å². The summed E-state index contributed by atoms with van der Waals surface area (Å²) in [6.45, 7) is 1.94. The third-order valence-electron chi connectivity index (χ3n) is 6.68. The van der Waals surface area contributed by atoms with Gasteiger partial charge < -0.3 is 19.9 Å². The Bertz CT molecular complexity index is 1660. The number of hydrogen-bond donors (Lipinski definition) is 3. The van der Waals surface area contributed by atoms with E-state index in [4.69, 9.17) is 16.3 Å². The maximum Gasteiger partial charge on any atom is 0.352 e. The summed E-state index contributed by atoms with van der Waals surface area (Å²) >= 11 is 6.61. The Kier molecular flexibility index (Phi) is 6.62. The summed E-state index contributed by atoms with van der Waals surface area (Å²) in [5.74, 6) is -0.736. The molecule has 0 unspecified atom stereocenters. The number of nitrogens with one attached hydrogen (secondary N) is 1. The molecule has 190 valence electrons. The number of benzene rings is 3. The number of aromatic amines is 1. The van der Waals surface area contributed by atoms with E-state index < -0.39 is 5.97 Å². The first-order valence-corrected chi connectivity index (χ1v) is 12.2. The van der Waals surface area contributed by atoms with Crippen molar-refractivity contribution in [3.8, 4) is 16.9 Å². The molecule has 0 amide bonds. The van der Waals surface area contributed by atoms with E-state index in [-0.39, 0.29) is 18.1 Å². The van der Waals surface area contributed by atoms with Crippen LogP contribution in [-0.4, -0.2) is 37.6 Å². The van der Waals surface area contributed by atoms with Gasteiger partial charge in [-0.05, 0) is 61.0 Å². The summed E-state index contributed by atoms with van der Waals surface area (Å²) in [7, 11) is 1.78. The number of carboxylic acid groups (broad SMARTS) is 1. The molecule has 0 aliphatic carbocycles. The minimum absolute atomic E-state index is 0.0891. The van der Waals surface area contributed by atoms with Crippen LogP contribution in [0.5, 0.6) is 5.75 Å². The second-order valence-corrected chi connectivity index (χ2v) is 9.30. The van der Waals surface area contributed by atoms with Crippen molar-refractivity contribution in [1.82, 2.24) is 14.8 Å². The number of aliphatic hydroxyl groups is 1. The fourth-order valence-electron chi connectivity index (χ4n) is 4.87. The normalized spacial score (nSPS) is 11.5. The molecule has 0 bridgehead atoms. The van der Waals surface area contributed by atoms with Gasteiger partial charge in [-0.1, -0.05) is 29.8 Å². The zero-order chi connectivity index (χ0) is 26.3. The van der Waals surface area contributed by atoms with Crippen LogP contribution in [-0.2, 0) is 20.1 Å². The highest BCUT2D eigenvalue weighted by Crippen LogP contribution is 2.40. The van der Waals surface area contributed by atoms with Crippen LogP contribution < -0.4 is 4.74 Å². The number of nitrogens with zero attached hydrogens (tertiary/aromatic N) is 2. The molecule has 5 rings (SSSR count). The average molecular weight is 522 g/mol. The number of ether oxygens (including phenoxy) is 1. The molecule has 5 aromatic rings. The molecule has 7 nitrogen and oxygen atoms in total. The number of carbonyl (C=O) groups is 1. The van der Waals surface area contributed by atoms with Gasteiger partial charge in [-0.15, -0.1) is 0 Å². The molecular weight excluding hydrogens is 497 g/mol. The van der Waals surface area contributed by atoms with Gasteiger partial charge in [-0.25, -0.2) is 9.18 Å². The third-order valence-corrected chi connectivity index (χ3v) is 7.00. The molecule has 0 radical (unpaired) electrons. The Morgan fingerprint density at radius 2 is 1.95 bits per heavy atom. The molecular formula is C28H25ClFN3O4. The lowest BCUT2D eigenvalue weighted by Gasteiger charge is -2.10. The van der Waals surface area contributed by atoms with Crippen LogP contribution in [0.25, 0.3) is 32.8 Å². The Morgan fingerprint density at radius 1 is 1.16 bits per heavy atom. The Balaban J connectivity index is 1.47. The van der Waals surface area contributed by atoms with E-state index in [1.165, 1.54) is 12.1 Å². The number of aromatic nitrogens is 3. The highest BCUT2D eigenvalue weighted by molar-refractivity contribution is 6.35. The molecule has 3 N–H and O–H groups in total. The summed E-state index contributed by atoms with van der Waals surface area (Å²) in [5.41, 5.74) is 3.88. The topological polar surface area (TPSA) is 100 Å². The number of H-pyrrole nitrogens is 1. The van der Waals surface area contributed by atoms with Gasteiger partial charge in [0.05, 0.1) is 29.4 Å². The molecule has 0 spiro atoms. The van der Waals surface area contributed by atoms with E-state index in [1.807, 2.05) is 31.2 Å². The van der Waals surface area contributed by atoms with Crippen molar-refractivity contribution in [3.05, 3.63) is 82.0 Å². The molecule has 0 atom stereocenters. The first-order chi connectivity index (χ1) is 17.8. The highest BCUT2D eigenvalue weighted by atomic mass is 35.5. The van der Waals surface area contributed by atoms with Gasteiger partial charge in [0, 0.05) is 34.6 Å². The lowest BCUT2D eigenvalue weighted by molar-refractivity contribution is 0.0690. The van der Waals surface area contributed by atoms with Crippen molar-refractivity contribution >= 4 is 39.2 Å². The summed E-state index contributed by atoms with van der Waals surface area (Å²) in [6.07, 6.45) is 0.998. The number of aromatic carboxylic acids is 1. The largest absolute Gasteiger partial charge is 0.493 e. The van der Waals surface area contributed by atoms with E-state index in [0.29, 0.717) is 58.1 Å². The number of halogens is 2. The van der Waals surface area contributed by atoms with Gasteiger partial charge in [0.2, 0.25) is 0 Å². The van der Waals surface area contributed by atoms with Crippen LogP contribution in [0.3, 0.4) is 0 Å². The van der Waals surface area contributed by atoms with E-state index in [9.17, 15) is 19.4 Å². The fraction of sp³-hybridized carbons (Fsp3) is 0.214. The highest BCUT2D eigenvalue weighted by Gasteiger charge is 2.24.